The van der Waals surface area contributed by atoms with Crippen molar-refractivity contribution in [3.8, 4) is 0 Å². The Labute approximate surface area is 83.5 Å². The predicted octanol–water partition coefficient (Wildman–Crippen LogP) is 0.0467. The lowest BCUT2D eigenvalue weighted by molar-refractivity contribution is 0.0284. The number of rotatable bonds is 4. The number of hydrogen-bond acceptors (Lipinski definition) is 4. The Balaban J connectivity index is 1.62. The first-order valence-electron chi connectivity index (χ1n) is 5.10. The van der Waals surface area contributed by atoms with Crippen LogP contribution < -0.4 is 5.32 Å². The van der Waals surface area contributed by atoms with Crippen LogP contribution in [0.1, 0.15) is 12.8 Å². The van der Waals surface area contributed by atoms with E-state index in [1.54, 1.807) is 12.7 Å². The molecule has 1 aliphatic heterocycles. The van der Waals surface area contributed by atoms with E-state index in [1.807, 2.05) is 4.57 Å². The minimum atomic E-state index is 0.438. The van der Waals surface area contributed by atoms with Gasteiger partial charge in [0.05, 0.1) is 12.7 Å². The van der Waals surface area contributed by atoms with E-state index in [0.717, 1.165) is 39.1 Å². The van der Waals surface area contributed by atoms with Gasteiger partial charge in [-0.05, 0) is 25.9 Å². The molecule has 0 spiro atoms. The average Bonchev–Trinajstić information content (AvgIpc) is 2.72. The summed E-state index contributed by atoms with van der Waals surface area (Å²) < 4.78 is 7.67. The van der Waals surface area contributed by atoms with Crippen molar-refractivity contribution in [3.05, 3.63) is 12.7 Å². The molecule has 1 fully saturated rings. The molecule has 0 radical (unpaired) electrons. The number of nitrogens with zero attached hydrogens (tertiary/aromatic N) is 3. The Morgan fingerprint density at radius 2 is 2.00 bits per heavy atom. The molecule has 1 aromatic rings. The summed E-state index contributed by atoms with van der Waals surface area (Å²) in [5.41, 5.74) is 0. The van der Waals surface area contributed by atoms with E-state index in [0.29, 0.717) is 6.10 Å². The van der Waals surface area contributed by atoms with Crippen molar-refractivity contribution >= 4 is 0 Å². The predicted molar refractivity (Wildman–Crippen MR) is 51.9 cm³/mol. The highest BCUT2D eigenvalue weighted by molar-refractivity contribution is 4.68. The molecule has 1 aliphatic rings. The Kier molecular flexibility index (Phi) is 3.48. The molecular weight excluding hydrogens is 180 g/mol. The lowest BCUT2D eigenvalue weighted by Crippen LogP contribution is -2.33. The van der Waals surface area contributed by atoms with Crippen LogP contribution in [0.25, 0.3) is 0 Å². The number of piperidine rings is 1. The van der Waals surface area contributed by atoms with Gasteiger partial charge >= 0.3 is 0 Å². The highest BCUT2D eigenvalue weighted by Gasteiger charge is 2.12. The molecule has 0 aliphatic carbocycles. The Morgan fingerprint density at radius 3 is 2.71 bits per heavy atom. The van der Waals surface area contributed by atoms with Crippen molar-refractivity contribution < 1.29 is 4.74 Å². The van der Waals surface area contributed by atoms with Gasteiger partial charge in [-0.25, -0.2) is 0 Å². The zero-order chi connectivity index (χ0) is 9.64. The van der Waals surface area contributed by atoms with Crippen molar-refractivity contribution in [2.24, 2.45) is 0 Å². The SMILES string of the molecule is c1nncn1CCOC1CCNCC1. The maximum Gasteiger partial charge on any atom is 0.119 e. The topological polar surface area (TPSA) is 52.0 Å². The zero-order valence-electron chi connectivity index (χ0n) is 8.22. The molecular formula is C9H16N4O. The van der Waals surface area contributed by atoms with E-state index in [4.69, 9.17) is 4.74 Å². The average molecular weight is 196 g/mol. The Morgan fingerprint density at radius 1 is 1.29 bits per heavy atom. The molecule has 0 aromatic carbocycles. The first-order valence-corrected chi connectivity index (χ1v) is 5.10. The highest BCUT2D eigenvalue weighted by atomic mass is 16.5. The van der Waals surface area contributed by atoms with Crippen LogP contribution in [0.4, 0.5) is 0 Å². The van der Waals surface area contributed by atoms with Gasteiger partial charge in [0.15, 0.2) is 0 Å². The van der Waals surface area contributed by atoms with Gasteiger partial charge in [0, 0.05) is 6.54 Å². The van der Waals surface area contributed by atoms with E-state index in [1.165, 1.54) is 0 Å². The summed E-state index contributed by atoms with van der Waals surface area (Å²) in [6.07, 6.45) is 6.12. The quantitative estimate of drug-likeness (QED) is 0.739. The fourth-order valence-corrected chi connectivity index (χ4v) is 1.62. The van der Waals surface area contributed by atoms with Crippen molar-refractivity contribution in [2.45, 2.75) is 25.5 Å². The van der Waals surface area contributed by atoms with Crippen molar-refractivity contribution in [1.82, 2.24) is 20.1 Å². The minimum Gasteiger partial charge on any atom is -0.376 e. The third-order valence-corrected chi connectivity index (χ3v) is 2.46. The van der Waals surface area contributed by atoms with E-state index in [2.05, 4.69) is 15.5 Å². The molecule has 2 heterocycles. The van der Waals surface area contributed by atoms with E-state index in [9.17, 15) is 0 Å². The van der Waals surface area contributed by atoms with Gasteiger partial charge < -0.3 is 14.6 Å². The second-order valence-corrected chi connectivity index (χ2v) is 3.52. The lowest BCUT2D eigenvalue weighted by atomic mass is 10.1. The summed E-state index contributed by atoms with van der Waals surface area (Å²) in [6.45, 7) is 3.76. The third kappa shape index (κ3) is 2.78. The molecule has 0 saturated carbocycles. The monoisotopic (exact) mass is 196 g/mol. The third-order valence-electron chi connectivity index (χ3n) is 2.46. The molecule has 0 unspecified atom stereocenters. The molecule has 5 heteroatoms. The largest absolute Gasteiger partial charge is 0.376 e. The molecule has 2 rings (SSSR count). The molecule has 1 saturated heterocycles. The van der Waals surface area contributed by atoms with Gasteiger partial charge in [0.2, 0.25) is 0 Å². The molecule has 0 atom stereocenters. The van der Waals surface area contributed by atoms with E-state index >= 15 is 0 Å². The minimum absolute atomic E-state index is 0.438. The molecule has 5 nitrogen and oxygen atoms in total. The number of ether oxygens (including phenoxy) is 1. The maximum absolute atomic E-state index is 5.74. The van der Waals surface area contributed by atoms with Gasteiger partial charge in [-0.3, -0.25) is 0 Å². The van der Waals surface area contributed by atoms with E-state index in [-0.39, 0.29) is 0 Å². The van der Waals surface area contributed by atoms with Crippen LogP contribution in [0.3, 0.4) is 0 Å². The molecule has 14 heavy (non-hydrogen) atoms. The van der Waals surface area contributed by atoms with Crippen molar-refractivity contribution in [1.29, 1.82) is 0 Å². The van der Waals surface area contributed by atoms with E-state index < -0.39 is 0 Å². The lowest BCUT2D eigenvalue weighted by Gasteiger charge is -2.22. The molecule has 1 aromatic heterocycles. The first kappa shape index (κ1) is 9.61. The smallest absolute Gasteiger partial charge is 0.119 e. The molecule has 1 N–H and O–H groups in total. The standard InChI is InChI=1S/C9H16N4O/c1-3-10-4-2-9(1)14-6-5-13-7-11-12-8-13/h7-10H,1-6H2. The second-order valence-electron chi connectivity index (χ2n) is 3.52. The summed E-state index contributed by atoms with van der Waals surface area (Å²) in [5.74, 6) is 0. The highest BCUT2D eigenvalue weighted by Crippen LogP contribution is 2.06. The second kappa shape index (κ2) is 5.07. The fraction of sp³-hybridized carbons (Fsp3) is 0.778. The maximum atomic E-state index is 5.74. The van der Waals surface area contributed by atoms with Crippen LogP contribution in [0.2, 0.25) is 0 Å². The van der Waals surface area contributed by atoms with Crippen LogP contribution in [0.15, 0.2) is 12.7 Å². The summed E-state index contributed by atoms with van der Waals surface area (Å²) in [6, 6.07) is 0. The van der Waals surface area contributed by atoms with Crippen LogP contribution in [-0.4, -0.2) is 40.6 Å². The summed E-state index contributed by atoms with van der Waals surface area (Å²) in [5, 5.41) is 10.8. The molecule has 0 bridgehead atoms. The van der Waals surface area contributed by atoms with Gasteiger partial charge in [0.1, 0.15) is 12.7 Å². The summed E-state index contributed by atoms with van der Waals surface area (Å²) in [7, 11) is 0. The number of hydrogen-bond donors (Lipinski definition) is 1. The molecule has 0 amide bonds. The van der Waals surface area contributed by atoms with Crippen molar-refractivity contribution in [3.63, 3.8) is 0 Å². The van der Waals surface area contributed by atoms with Gasteiger partial charge in [-0.1, -0.05) is 0 Å². The van der Waals surface area contributed by atoms with Gasteiger partial charge in [-0.15, -0.1) is 10.2 Å². The summed E-state index contributed by atoms with van der Waals surface area (Å²) in [4.78, 5) is 0. The normalized spacial score (nSPS) is 18.6. The first-order chi connectivity index (χ1) is 6.95. The summed E-state index contributed by atoms with van der Waals surface area (Å²) >= 11 is 0. The molecule has 78 valence electrons. The Bertz CT molecular complexity index is 243. The van der Waals surface area contributed by atoms with Crippen LogP contribution >= 0.6 is 0 Å². The van der Waals surface area contributed by atoms with Crippen LogP contribution in [-0.2, 0) is 11.3 Å². The van der Waals surface area contributed by atoms with Crippen LogP contribution in [0, 0.1) is 0 Å². The van der Waals surface area contributed by atoms with Crippen LogP contribution in [0.5, 0.6) is 0 Å². The van der Waals surface area contributed by atoms with Crippen molar-refractivity contribution in [2.75, 3.05) is 19.7 Å². The van der Waals surface area contributed by atoms with Gasteiger partial charge in [-0.2, -0.15) is 0 Å². The number of nitrogens with one attached hydrogen (secondary N) is 1. The van der Waals surface area contributed by atoms with Gasteiger partial charge in [0.25, 0.3) is 0 Å². The fourth-order valence-electron chi connectivity index (χ4n) is 1.62. The zero-order valence-corrected chi connectivity index (χ0v) is 8.22. The Hall–Kier alpha value is -0.940. The number of aromatic nitrogens is 3.